The van der Waals surface area contributed by atoms with Gasteiger partial charge < -0.3 is 0 Å². The summed E-state index contributed by atoms with van der Waals surface area (Å²) in [4.78, 5) is 8.59. The number of hydrogen-bond donors (Lipinski definition) is 1. The van der Waals surface area contributed by atoms with Gasteiger partial charge >= 0.3 is 0 Å². The summed E-state index contributed by atoms with van der Waals surface area (Å²) in [5.41, 5.74) is 3.43. The van der Waals surface area contributed by atoms with Crippen molar-refractivity contribution in [3.63, 3.8) is 0 Å². The van der Waals surface area contributed by atoms with Crippen molar-refractivity contribution >= 4 is 32.8 Å². The van der Waals surface area contributed by atoms with Crippen LogP contribution in [0.4, 0.5) is 5.69 Å². The number of dihydropyridines is 1. The summed E-state index contributed by atoms with van der Waals surface area (Å²) in [5.74, 6) is 0.325. The molecule has 0 aromatic heterocycles. The maximum atomic E-state index is 11.3. The molecule has 6 heteroatoms. The molecule has 1 N–H and O–H groups in total. The molecule has 0 aliphatic carbocycles. The highest BCUT2D eigenvalue weighted by Gasteiger charge is 2.27. The minimum absolute atomic E-state index is 0.325. The average Bonchev–Trinajstić information content (AvgIpc) is 2.67. The van der Waals surface area contributed by atoms with Crippen LogP contribution in [-0.2, 0) is 10.0 Å². The molecule has 92 valence electrons. The van der Waals surface area contributed by atoms with Gasteiger partial charge in [-0.3, -0.25) is 9.71 Å². The van der Waals surface area contributed by atoms with Gasteiger partial charge in [0.05, 0.1) is 18.5 Å². The molecule has 0 fully saturated rings. The molecule has 0 saturated heterocycles. The number of para-hydroxylation sites is 1. The van der Waals surface area contributed by atoms with Crippen LogP contribution in [0.3, 0.4) is 0 Å². The van der Waals surface area contributed by atoms with Gasteiger partial charge in [0.25, 0.3) is 0 Å². The van der Waals surface area contributed by atoms with Crippen molar-refractivity contribution in [1.29, 1.82) is 0 Å². The molecule has 0 bridgehead atoms. The van der Waals surface area contributed by atoms with E-state index in [9.17, 15) is 8.42 Å². The van der Waals surface area contributed by atoms with Gasteiger partial charge in [0, 0.05) is 11.1 Å². The number of fused-ring (bicyclic) bond motifs is 3. The van der Waals surface area contributed by atoms with Crippen molar-refractivity contribution in [2.75, 3.05) is 12.8 Å². The highest BCUT2D eigenvalue weighted by atomic mass is 32.2. The van der Waals surface area contributed by atoms with Gasteiger partial charge in [0.2, 0.25) is 10.0 Å². The van der Waals surface area contributed by atoms with E-state index in [0.29, 0.717) is 18.1 Å². The molecular formula is C12H11N3O2S. The van der Waals surface area contributed by atoms with Gasteiger partial charge in [-0.05, 0) is 6.07 Å². The van der Waals surface area contributed by atoms with E-state index in [0.717, 1.165) is 23.1 Å². The molecule has 0 unspecified atom stereocenters. The van der Waals surface area contributed by atoms with Crippen molar-refractivity contribution in [3.8, 4) is 0 Å². The van der Waals surface area contributed by atoms with Crippen molar-refractivity contribution < 1.29 is 8.42 Å². The summed E-state index contributed by atoms with van der Waals surface area (Å²) in [6.07, 6.45) is 3.06. The standard InChI is InChI=1S/C12H11N3O2S/c1-18(16,17)15-12-11-9(6-7-13-12)8-4-2-3-5-10(8)14-11/h2-6H,7H2,1H3,(H,13,15). The molecule has 5 nitrogen and oxygen atoms in total. The third-order valence-corrected chi connectivity index (χ3v) is 3.30. The monoisotopic (exact) mass is 261 g/mol. The first-order chi connectivity index (χ1) is 8.54. The molecule has 2 aliphatic heterocycles. The van der Waals surface area contributed by atoms with Crippen molar-refractivity contribution in [2.24, 2.45) is 9.98 Å². The molecule has 1 aromatic carbocycles. The van der Waals surface area contributed by atoms with E-state index in [1.54, 1.807) is 0 Å². The number of hydrogen-bond acceptors (Lipinski definition) is 4. The van der Waals surface area contributed by atoms with Crippen LogP contribution >= 0.6 is 0 Å². The Morgan fingerprint density at radius 1 is 1.28 bits per heavy atom. The Labute approximate surface area is 105 Å². The number of amidine groups is 1. The van der Waals surface area contributed by atoms with Crippen LogP contribution in [0.2, 0.25) is 0 Å². The lowest BCUT2D eigenvalue weighted by molar-refractivity contribution is 0.598. The highest BCUT2D eigenvalue weighted by molar-refractivity contribution is 7.89. The zero-order valence-corrected chi connectivity index (χ0v) is 10.5. The van der Waals surface area contributed by atoms with Gasteiger partial charge in [-0.25, -0.2) is 13.4 Å². The van der Waals surface area contributed by atoms with E-state index in [-0.39, 0.29) is 0 Å². The Hall–Kier alpha value is -1.95. The average molecular weight is 261 g/mol. The van der Waals surface area contributed by atoms with Gasteiger partial charge in [-0.2, -0.15) is 0 Å². The molecule has 0 radical (unpaired) electrons. The Kier molecular flexibility index (Phi) is 2.34. The molecule has 18 heavy (non-hydrogen) atoms. The summed E-state index contributed by atoms with van der Waals surface area (Å²) in [6.45, 7) is 0.459. The number of aliphatic imine (C=N–C) groups is 2. The van der Waals surface area contributed by atoms with E-state index in [2.05, 4.69) is 14.7 Å². The number of rotatable bonds is 1. The van der Waals surface area contributed by atoms with Crippen LogP contribution in [0.15, 0.2) is 40.3 Å². The predicted molar refractivity (Wildman–Crippen MR) is 71.8 cm³/mol. The molecule has 1 aromatic rings. The second kappa shape index (κ2) is 3.78. The van der Waals surface area contributed by atoms with Crippen LogP contribution in [-0.4, -0.2) is 32.8 Å². The molecule has 0 saturated carbocycles. The summed E-state index contributed by atoms with van der Waals surface area (Å²) in [7, 11) is -3.34. The third-order valence-electron chi connectivity index (χ3n) is 2.73. The van der Waals surface area contributed by atoms with E-state index < -0.39 is 10.0 Å². The Morgan fingerprint density at radius 2 is 2.06 bits per heavy atom. The SMILES string of the molecule is CS(=O)(=O)NC1=NCC=C2C1=Nc1ccccc12. The Bertz CT molecular complexity index is 715. The van der Waals surface area contributed by atoms with E-state index in [1.165, 1.54) is 0 Å². The first-order valence-corrected chi connectivity index (χ1v) is 7.35. The Morgan fingerprint density at radius 3 is 2.83 bits per heavy atom. The fourth-order valence-corrected chi connectivity index (χ4v) is 2.57. The van der Waals surface area contributed by atoms with Gasteiger partial charge in [-0.15, -0.1) is 0 Å². The third kappa shape index (κ3) is 1.84. The lowest BCUT2D eigenvalue weighted by Crippen LogP contribution is -2.36. The maximum Gasteiger partial charge on any atom is 0.231 e. The summed E-state index contributed by atoms with van der Waals surface area (Å²) in [6, 6.07) is 7.72. The fourth-order valence-electron chi connectivity index (χ4n) is 2.05. The smallest absolute Gasteiger partial charge is 0.231 e. The van der Waals surface area contributed by atoms with Gasteiger partial charge in [0.1, 0.15) is 5.71 Å². The van der Waals surface area contributed by atoms with Crippen molar-refractivity contribution in [2.45, 2.75) is 0 Å². The highest BCUT2D eigenvalue weighted by Crippen LogP contribution is 2.35. The van der Waals surface area contributed by atoms with Crippen molar-refractivity contribution in [1.82, 2.24) is 4.72 Å². The minimum Gasteiger partial charge on any atom is -0.266 e. The maximum absolute atomic E-state index is 11.3. The number of nitrogens with zero attached hydrogens (tertiary/aromatic N) is 2. The zero-order valence-electron chi connectivity index (χ0n) is 9.71. The largest absolute Gasteiger partial charge is 0.266 e. The Balaban J connectivity index is 2.05. The molecular weight excluding hydrogens is 250 g/mol. The summed E-state index contributed by atoms with van der Waals surface area (Å²) in [5, 5.41) is 0. The summed E-state index contributed by atoms with van der Waals surface area (Å²) < 4.78 is 25.0. The normalized spacial score (nSPS) is 17.3. The molecule has 0 atom stereocenters. The second-order valence-electron chi connectivity index (χ2n) is 4.16. The summed E-state index contributed by atoms with van der Waals surface area (Å²) >= 11 is 0. The fraction of sp³-hybridized carbons (Fsp3) is 0.167. The van der Waals surface area contributed by atoms with Gasteiger partial charge in [-0.1, -0.05) is 24.3 Å². The lowest BCUT2D eigenvalue weighted by atomic mass is 10.0. The van der Waals surface area contributed by atoms with Crippen LogP contribution in [0.5, 0.6) is 0 Å². The second-order valence-corrected chi connectivity index (χ2v) is 5.91. The lowest BCUT2D eigenvalue weighted by Gasteiger charge is -2.13. The van der Waals surface area contributed by atoms with E-state index in [1.807, 2.05) is 30.3 Å². The molecule has 2 aliphatic rings. The zero-order chi connectivity index (χ0) is 12.8. The van der Waals surface area contributed by atoms with Crippen LogP contribution in [0, 0.1) is 0 Å². The topological polar surface area (TPSA) is 70.9 Å². The van der Waals surface area contributed by atoms with Crippen molar-refractivity contribution in [3.05, 3.63) is 35.9 Å². The first-order valence-electron chi connectivity index (χ1n) is 5.46. The number of nitrogens with one attached hydrogen (secondary N) is 1. The van der Waals surface area contributed by atoms with Crippen LogP contribution in [0.25, 0.3) is 5.57 Å². The van der Waals surface area contributed by atoms with Crippen LogP contribution in [0.1, 0.15) is 5.56 Å². The number of benzene rings is 1. The van der Waals surface area contributed by atoms with E-state index in [4.69, 9.17) is 0 Å². The van der Waals surface area contributed by atoms with Gasteiger partial charge in [0.15, 0.2) is 5.84 Å². The quantitative estimate of drug-likeness (QED) is 0.822. The van der Waals surface area contributed by atoms with E-state index >= 15 is 0 Å². The molecule has 3 rings (SSSR count). The molecule has 2 heterocycles. The molecule has 0 spiro atoms. The predicted octanol–water partition coefficient (Wildman–Crippen LogP) is 1.12. The van der Waals surface area contributed by atoms with Crippen LogP contribution < -0.4 is 4.72 Å². The first kappa shape index (κ1) is 11.2. The number of sulfonamides is 1. The molecule has 0 amide bonds. The minimum atomic E-state index is -3.34.